The third-order valence-electron chi connectivity index (χ3n) is 2.94. The van der Waals surface area contributed by atoms with Crippen molar-refractivity contribution in [3.05, 3.63) is 54.6 Å². The SMILES string of the molecule is CC(Oc1ccc(-c2ccccc2)cc1)C(=O)N(C)O. The average Bonchev–Trinajstić information content (AvgIpc) is 2.48. The first-order valence-corrected chi connectivity index (χ1v) is 6.36. The number of benzene rings is 2. The van der Waals surface area contributed by atoms with Crippen molar-refractivity contribution in [1.29, 1.82) is 0 Å². The molecule has 0 aliphatic heterocycles. The lowest BCUT2D eigenvalue weighted by atomic mass is 10.1. The number of hydroxylamine groups is 2. The van der Waals surface area contributed by atoms with E-state index in [2.05, 4.69) is 0 Å². The molecule has 1 amide bonds. The molecule has 4 nitrogen and oxygen atoms in total. The summed E-state index contributed by atoms with van der Waals surface area (Å²) in [4.78, 5) is 11.5. The van der Waals surface area contributed by atoms with Gasteiger partial charge in [0.1, 0.15) is 5.75 Å². The van der Waals surface area contributed by atoms with E-state index in [0.29, 0.717) is 10.8 Å². The number of nitrogens with zero attached hydrogens (tertiary/aromatic N) is 1. The molecule has 1 N–H and O–H groups in total. The maximum absolute atomic E-state index is 11.5. The first kappa shape index (κ1) is 14.1. The van der Waals surface area contributed by atoms with Crippen molar-refractivity contribution in [2.45, 2.75) is 13.0 Å². The van der Waals surface area contributed by atoms with Gasteiger partial charge in [0, 0.05) is 7.05 Å². The fraction of sp³-hybridized carbons (Fsp3) is 0.188. The van der Waals surface area contributed by atoms with Gasteiger partial charge in [-0.3, -0.25) is 10.0 Å². The molecule has 0 spiro atoms. The maximum Gasteiger partial charge on any atom is 0.286 e. The molecule has 20 heavy (non-hydrogen) atoms. The van der Waals surface area contributed by atoms with Gasteiger partial charge in [-0.15, -0.1) is 0 Å². The summed E-state index contributed by atoms with van der Waals surface area (Å²) in [5, 5.41) is 9.60. The highest BCUT2D eigenvalue weighted by Crippen LogP contribution is 2.22. The summed E-state index contributed by atoms with van der Waals surface area (Å²) in [5.74, 6) is 0.101. The summed E-state index contributed by atoms with van der Waals surface area (Å²) < 4.78 is 5.48. The Morgan fingerprint density at radius 3 is 2.15 bits per heavy atom. The number of hydrogen-bond acceptors (Lipinski definition) is 3. The zero-order valence-corrected chi connectivity index (χ0v) is 11.5. The monoisotopic (exact) mass is 271 g/mol. The minimum Gasteiger partial charge on any atom is -0.481 e. The van der Waals surface area contributed by atoms with Crippen molar-refractivity contribution in [3.63, 3.8) is 0 Å². The molecule has 0 aromatic heterocycles. The molecule has 0 fully saturated rings. The van der Waals surface area contributed by atoms with Gasteiger partial charge in [-0.2, -0.15) is 0 Å². The Hall–Kier alpha value is -2.33. The first-order chi connectivity index (χ1) is 9.58. The van der Waals surface area contributed by atoms with Crippen LogP contribution < -0.4 is 4.74 Å². The molecular weight excluding hydrogens is 254 g/mol. The summed E-state index contributed by atoms with van der Waals surface area (Å²) >= 11 is 0. The number of ether oxygens (including phenoxy) is 1. The van der Waals surface area contributed by atoms with E-state index < -0.39 is 12.0 Å². The molecule has 104 valence electrons. The van der Waals surface area contributed by atoms with Crippen LogP contribution in [0.15, 0.2) is 54.6 Å². The van der Waals surface area contributed by atoms with Crippen molar-refractivity contribution in [2.75, 3.05) is 7.05 Å². The van der Waals surface area contributed by atoms with Crippen LogP contribution in [0.1, 0.15) is 6.92 Å². The highest BCUT2D eigenvalue weighted by molar-refractivity contribution is 5.79. The molecule has 0 bridgehead atoms. The molecule has 2 aromatic carbocycles. The second-order valence-electron chi connectivity index (χ2n) is 4.51. The van der Waals surface area contributed by atoms with Crippen LogP contribution in [0.2, 0.25) is 0 Å². The molecule has 1 unspecified atom stereocenters. The molecule has 0 aliphatic carbocycles. The van der Waals surface area contributed by atoms with Crippen molar-refractivity contribution in [3.8, 4) is 16.9 Å². The lowest BCUT2D eigenvalue weighted by molar-refractivity contribution is -0.166. The Morgan fingerprint density at radius 1 is 1.05 bits per heavy atom. The predicted octanol–water partition coefficient (Wildman–Crippen LogP) is 2.97. The van der Waals surface area contributed by atoms with Crippen LogP contribution in [0.3, 0.4) is 0 Å². The number of amides is 1. The zero-order valence-electron chi connectivity index (χ0n) is 11.5. The van der Waals surface area contributed by atoms with E-state index in [0.717, 1.165) is 11.1 Å². The topological polar surface area (TPSA) is 49.8 Å². The van der Waals surface area contributed by atoms with Crippen molar-refractivity contribution in [1.82, 2.24) is 5.06 Å². The molecule has 2 rings (SSSR count). The fourth-order valence-corrected chi connectivity index (χ4v) is 1.87. The Bertz CT molecular complexity index is 564. The van der Waals surface area contributed by atoms with E-state index in [-0.39, 0.29) is 0 Å². The van der Waals surface area contributed by atoms with Gasteiger partial charge >= 0.3 is 0 Å². The van der Waals surface area contributed by atoms with Crippen LogP contribution in [0.25, 0.3) is 11.1 Å². The van der Waals surface area contributed by atoms with Gasteiger partial charge in [0.2, 0.25) is 0 Å². The lowest BCUT2D eigenvalue weighted by Crippen LogP contribution is -2.35. The quantitative estimate of drug-likeness (QED) is 0.687. The van der Waals surface area contributed by atoms with E-state index in [9.17, 15) is 4.79 Å². The molecular formula is C16H17NO3. The first-order valence-electron chi connectivity index (χ1n) is 6.36. The number of likely N-dealkylation sites (N-methyl/N-ethyl adjacent to an activating group) is 1. The van der Waals surface area contributed by atoms with Gasteiger partial charge in [0.15, 0.2) is 6.10 Å². The van der Waals surface area contributed by atoms with Crippen LogP contribution >= 0.6 is 0 Å². The number of carbonyl (C=O) groups excluding carboxylic acids is 1. The van der Waals surface area contributed by atoms with Gasteiger partial charge in [0.05, 0.1) is 0 Å². The third kappa shape index (κ3) is 3.36. The van der Waals surface area contributed by atoms with E-state index in [1.807, 2.05) is 54.6 Å². The second kappa shape index (κ2) is 6.21. The van der Waals surface area contributed by atoms with E-state index in [1.54, 1.807) is 6.92 Å². The number of rotatable bonds is 4. The van der Waals surface area contributed by atoms with Crippen molar-refractivity contribution in [2.24, 2.45) is 0 Å². The van der Waals surface area contributed by atoms with Gasteiger partial charge in [0.25, 0.3) is 5.91 Å². The Kier molecular flexibility index (Phi) is 4.38. The molecule has 0 heterocycles. The Morgan fingerprint density at radius 2 is 1.60 bits per heavy atom. The largest absolute Gasteiger partial charge is 0.481 e. The zero-order chi connectivity index (χ0) is 14.5. The van der Waals surface area contributed by atoms with Crippen LogP contribution in [-0.2, 0) is 4.79 Å². The molecule has 0 saturated heterocycles. The van der Waals surface area contributed by atoms with Crippen LogP contribution in [0.5, 0.6) is 5.75 Å². The van der Waals surface area contributed by atoms with E-state index in [1.165, 1.54) is 7.05 Å². The van der Waals surface area contributed by atoms with E-state index >= 15 is 0 Å². The standard InChI is InChI=1S/C16H17NO3/c1-12(16(18)17(2)19)20-15-10-8-14(9-11-15)13-6-4-3-5-7-13/h3-12,19H,1-2H3. The minimum absolute atomic E-state index is 0.489. The van der Waals surface area contributed by atoms with Crippen molar-refractivity contribution < 1.29 is 14.7 Å². The minimum atomic E-state index is -0.729. The highest BCUT2D eigenvalue weighted by atomic mass is 16.5. The molecule has 0 radical (unpaired) electrons. The lowest BCUT2D eigenvalue weighted by Gasteiger charge is -2.17. The number of carbonyl (C=O) groups is 1. The van der Waals surface area contributed by atoms with Gasteiger partial charge in [-0.05, 0) is 30.2 Å². The van der Waals surface area contributed by atoms with Gasteiger partial charge in [-0.1, -0.05) is 42.5 Å². The summed E-state index contributed by atoms with van der Waals surface area (Å²) in [6, 6.07) is 17.5. The average molecular weight is 271 g/mol. The fourth-order valence-electron chi connectivity index (χ4n) is 1.87. The molecule has 2 aromatic rings. The van der Waals surface area contributed by atoms with Crippen molar-refractivity contribution >= 4 is 5.91 Å². The molecule has 4 heteroatoms. The second-order valence-corrected chi connectivity index (χ2v) is 4.51. The Labute approximate surface area is 118 Å². The molecule has 0 saturated carbocycles. The van der Waals surface area contributed by atoms with Gasteiger partial charge in [-0.25, -0.2) is 5.06 Å². The summed E-state index contributed by atoms with van der Waals surface area (Å²) in [5.41, 5.74) is 2.20. The highest BCUT2D eigenvalue weighted by Gasteiger charge is 2.17. The number of hydrogen-bond donors (Lipinski definition) is 1. The molecule has 1 atom stereocenters. The van der Waals surface area contributed by atoms with E-state index in [4.69, 9.17) is 9.94 Å². The normalized spacial score (nSPS) is 11.8. The van der Waals surface area contributed by atoms with Crippen LogP contribution in [-0.4, -0.2) is 29.3 Å². The van der Waals surface area contributed by atoms with Crippen LogP contribution in [0, 0.1) is 0 Å². The summed E-state index contributed by atoms with van der Waals surface area (Å²) in [7, 11) is 1.28. The predicted molar refractivity (Wildman–Crippen MR) is 76.5 cm³/mol. The summed E-state index contributed by atoms with van der Waals surface area (Å²) in [6.07, 6.45) is -0.729. The third-order valence-corrected chi connectivity index (χ3v) is 2.94. The summed E-state index contributed by atoms with van der Waals surface area (Å²) in [6.45, 7) is 1.60. The maximum atomic E-state index is 11.5. The molecule has 0 aliphatic rings. The van der Waals surface area contributed by atoms with Gasteiger partial charge < -0.3 is 4.74 Å². The smallest absolute Gasteiger partial charge is 0.286 e. The Balaban J connectivity index is 2.07. The van der Waals surface area contributed by atoms with Crippen LogP contribution in [0.4, 0.5) is 0 Å².